The van der Waals surface area contributed by atoms with Gasteiger partial charge in [0.15, 0.2) is 11.6 Å². The van der Waals surface area contributed by atoms with Gasteiger partial charge in [0.1, 0.15) is 0 Å². The van der Waals surface area contributed by atoms with E-state index < -0.39 is 11.6 Å². The summed E-state index contributed by atoms with van der Waals surface area (Å²) in [6, 6.07) is 3.45. The van der Waals surface area contributed by atoms with Gasteiger partial charge in [-0.15, -0.1) is 0 Å². The Hall–Kier alpha value is -1.49. The largest absolute Gasteiger partial charge is 0.338 e. The Bertz CT molecular complexity index is 479. The van der Waals surface area contributed by atoms with Gasteiger partial charge in [0.05, 0.1) is 0 Å². The molecule has 0 spiro atoms. The van der Waals surface area contributed by atoms with Gasteiger partial charge in [-0.05, 0) is 30.0 Å². The molecule has 1 aromatic rings. The van der Waals surface area contributed by atoms with Crippen molar-refractivity contribution in [2.24, 2.45) is 17.6 Å². The van der Waals surface area contributed by atoms with E-state index >= 15 is 0 Å². The minimum absolute atomic E-state index is 0.193. The van der Waals surface area contributed by atoms with Crippen molar-refractivity contribution in [1.29, 1.82) is 0 Å². The molecule has 0 aromatic heterocycles. The van der Waals surface area contributed by atoms with Crippen LogP contribution in [0, 0.1) is 23.5 Å². The summed E-state index contributed by atoms with van der Waals surface area (Å²) in [5.41, 5.74) is 5.96. The summed E-state index contributed by atoms with van der Waals surface area (Å²) in [4.78, 5) is 13.6. The van der Waals surface area contributed by atoms with Gasteiger partial charge in [-0.1, -0.05) is 0 Å². The number of likely N-dealkylation sites (tertiary alicyclic amines) is 1. The second-order valence-electron chi connectivity index (χ2n) is 4.74. The number of halogens is 2. The molecule has 17 heavy (non-hydrogen) atoms. The molecule has 0 radical (unpaired) electrons. The predicted octanol–water partition coefficient (Wildman–Crippen LogP) is 0.994. The summed E-state index contributed by atoms with van der Waals surface area (Å²) in [6.45, 7) is 1.26. The van der Waals surface area contributed by atoms with Gasteiger partial charge in [-0.25, -0.2) is 8.78 Å². The number of nitrogens with zero attached hydrogens (tertiary/aromatic N) is 1. The van der Waals surface area contributed by atoms with E-state index in [9.17, 15) is 13.6 Å². The van der Waals surface area contributed by atoms with E-state index in [1.807, 2.05) is 0 Å². The molecular formula is C12H12F2N2O. The molecule has 2 N–H and O–H groups in total. The Morgan fingerprint density at radius 2 is 1.88 bits per heavy atom. The van der Waals surface area contributed by atoms with Crippen LogP contribution in [0.25, 0.3) is 0 Å². The zero-order valence-corrected chi connectivity index (χ0v) is 9.07. The first-order chi connectivity index (χ1) is 8.08. The van der Waals surface area contributed by atoms with Crippen LogP contribution in [0.2, 0.25) is 0 Å². The SMILES string of the molecule is NC1C2CN(C(=O)c3ccc(F)c(F)c3)CC12. The van der Waals surface area contributed by atoms with E-state index in [1.54, 1.807) is 4.90 Å². The van der Waals surface area contributed by atoms with Gasteiger partial charge < -0.3 is 10.6 Å². The Balaban J connectivity index is 1.76. The highest BCUT2D eigenvalue weighted by Crippen LogP contribution is 2.44. The van der Waals surface area contributed by atoms with Crippen LogP contribution >= 0.6 is 0 Å². The molecule has 2 aliphatic rings. The summed E-state index contributed by atoms with van der Waals surface area (Å²) in [6.07, 6.45) is 0. The van der Waals surface area contributed by atoms with Crippen LogP contribution in [0.15, 0.2) is 18.2 Å². The average molecular weight is 238 g/mol. The Morgan fingerprint density at radius 1 is 1.24 bits per heavy atom. The van der Waals surface area contributed by atoms with Gasteiger partial charge in [0.25, 0.3) is 5.91 Å². The number of piperidine rings is 1. The van der Waals surface area contributed by atoms with Crippen molar-refractivity contribution in [3.63, 3.8) is 0 Å². The zero-order valence-electron chi connectivity index (χ0n) is 9.07. The molecule has 1 heterocycles. The Labute approximate surface area is 97.2 Å². The number of benzene rings is 1. The van der Waals surface area contributed by atoms with Crippen LogP contribution in [-0.4, -0.2) is 29.9 Å². The number of amides is 1. The van der Waals surface area contributed by atoms with E-state index in [4.69, 9.17) is 5.73 Å². The normalized spacial score (nSPS) is 30.3. The highest BCUT2D eigenvalue weighted by atomic mass is 19.2. The molecule has 1 aliphatic heterocycles. The predicted molar refractivity (Wildman–Crippen MR) is 57.2 cm³/mol. The maximum atomic E-state index is 13.0. The van der Waals surface area contributed by atoms with E-state index in [0.717, 1.165) is 12.1 Å². The second kappa shape index (κ2) is 3.50. The third-order valence-electron chi connectivity index (χ3n) is 3.71. The minimum atomic E-state index is -0.989. The van der Waals surface area contributed by atoms with Crippen molar-refractivity contribution in [2.75, 3.05) is 13.1 Å². The Morgan fingerprint density at radius 3 is 2.47 bits per heavy atom. The van der Waals surface area contributed by atoms with Crippen molar-refractivity contribution < 1.29 is 13.6 Å². The number of carbonyl (C=O) groups excluding carboxylic acids is 1. The zero-order chi connectivity index (χ0) is 12.2. The number of hydrogen-bond donors (Lipinski definition) is 1. The molecule has 2 fully saturated rings. The lowest BCUT2D eigenvalue weighted by atomic mass is 10.2. The van der Waals surface area contributed by atoms with E-state index in [1.165, 1.54) is 6.07 Å². The molecule has 90 valence electrons. The highest BCUT2D eigenvalue weighted by molar-refractivity contribution is 5.94. The lowest BCUT2D eigenvalue weighted by Crippen LogP contribution is -2.33. The Kier molecular flexibility index (Phi) is 2.19. The topological polar surface area (TPSA) is 46.3 Å². The number of carbonyl (C=O) groups is 1. The van der Waals surface area contributed by atoms with E-state index in [-0.39, 0.29) is 17.5 Å². The first-order valence-corrected chi connectivity index (χ1v) is 5.58. The molecule has 1 amide bonds. The summed E-state index contributed by atoms with van der Waals surface area (Å²) in [5.74, 6) is -1.39. The molecule has 1 saturated heterocycles. The number of hydrogen-bond acceptors (Lipinski definition) is 2. The maximum absolute atomic E-state index is 13.0. The third-order valence-corrected chi connectivity index (χ3v) is 3.71. The smallest absolute Gasteiger partial charge is 0.253 e. The number of fused-ring (bicyclic) bond motifs is 1. The van der Waals surface area contributed by atoms with Crippen molar-refractivity contribution in [3.8, 4) is 0 Å². The van der Waals surface area contributed by atoms with Crippen LogP contribution in [0.3, 0.4) is 0 Å². The molecule has 1 saturated carbocycles. The molecule has 1 aliphatic carbocycles. The molecular weight excluding hydrogens is 226 g/mol. The molecule has 3 nitrogen and oxygen atoms in total. The fraction of sp³-hybridized carbons (Fsp3) is 0.417. The van der Waals surface area contributed by atoms with E-state index in [2.05, 4.69) is 0 Å². The van der Waals surface area contributed by atoms with Crippen LogP contribution in [0.1, 0.15) is 10.4 Å². The minimum Gasteiger partial charge on any atom is -0.338 e. The standard InChI is InChI=1S/C12H12F2N2O/c13-9-2-1-6(3-10(9)14)12(17)16-4-7-8(5-16)11(7)15/h1-3,7-8,11H,4-5,15H2. The number of rotatable bonds is 1. The van der Waals surface area contributed by atoms with Gasteiger partial charge in [0, 0.05) is 24.7 Å². The number of nitrogens with two attached hydrogens (primary N) is 1. The summed E-state index contributed by atoms with van der Waals surface area (Å²) in [7, 11) is 0. The molecule has 5 heteroatoms. The van der Waals surface area contributed by atoms with Gasteiger partial charge in [0.2, 0.25) is 0 Å². The van der Waals surface area contributed by atoms with Gasteiger partial charge in [-0.2, -0.15) is 0 Å². The van der Waals surface area contributed by atoms with Gasteiger partial charge >= 0.3 is 0 Å². The lowest BCUT2D eigenvalue weighted by Gasteiger charge is -2.19. The van der Waals surface area contributed by atoms with Crippen molar-refractivity contribution >= 4 is 5.91 Å². The lowest BCUT2D eigenvalue weighted by molar-refractivity contribution is 0.0772. The third kappa shape index (κ3) is 1.61. The fourth-order valence-electron chi connectivity index (χ4n) is 2.55. The van der Waals surface area contributed by atoms with Crippen molar-refractivity contribution in [1.82, 2.24) is 4.90 Å². The first kappa shape index (κ1) is 10.7. The molecule has 2 unspecified atom stereocenters. The molecule has 1 aromatic carbocycles. The first-order valence-electron chi connectivity index (χ1n) is 5.58. The summed E-state index contributed by atoms with van der Waals surface area (Å²) >= 11 is 0. The molecule has 3 rings (SSSR count). The summed E-state index contributed by atoms with van der Waals surface area (Å²) < 4.78 is 25.8. The molecule has 2 atom stereocenters. The molecule has 0 bridgehead atoms. The fourth-order valence-corrected chi connectivity index (χ4v) is 2.55. The average Bonchev–Trinajstić information content (AvgIpc) is 2.78. The van der Waals surface area contributed by atoms with Crippen molar-refractivity contribution in [2.45, 2.75) is 6.04 Å². The van der Waals surface area contributed by atoms with Crippen molar-refractivity contribution in [3.05, 3.63) is 35.4 Å². The maximum Gasteiger partial charge on any atom is 0.253 e. The summed E-state index contributed by atoms with van der Waals surface area (Å²) in [5, 5.41) is 0. The van der Waals surface area contributed by atoms with Gasteiger partial charge in [-0.3, -0.25) is 4.79 Å². The monoisotopic (exact) mass is 238 g/mol. The quantitative estimate of drug-likeness (QED) is 0.793. The van der Waals surface area contributed by atoms with Crippen LogP contribution in [0.5, 0.6) is 0 Å². The van der Waals surface area contributed by atoms with Crippen LogP contribution in [0.4, 0.5) is 8.78 Å². The van der Waals surface area contributed by atoms with Crippen LogP contribution < -0.4 is 5.73 Å². The second-order valence-corrected chi connectivity index (χ2v) is 4.74. The van der Waals surface area contributed by atoms with Crippen LogP contribution in [-0.2, 0) is 0 Å². The van der Waals surface area contributed by atoms with E-state index in [0.29, 0.717) is 24.9 Å². The highest BCUT2D eigenvalue weighted by Gasteiger charge is 2.54.